The molecule has 1 aliphatic heterocycles. The Hall–Kier alpha value is -0.430. The Morgan fingerprint density at radius 3 is 2.88 bits per heavy atom. The molecule has 40 valence electrons. The van der Waals surface area contributed by atoms with Crippen LogP contribution in [0.15, 0.2) is 21.8 Å². The van der Waals surface area contributed by atoms with E-state index in [2.05, 4.69) is 10.2 Å². The van der Waals surface area contributed by atoms with E-state index in [4.69, 9.17) is 5.26 Å². The van der Waals surface area contributed by atoms with Crippen molar-refractivity contribution in [2.75, 3.05) is 0 Å². The van der Waals surface area contributed by atoms with E-state index in [9.17, 15) is 0 Å². The summed E-state index contributed by atoms with van der Waals surface area (Å²) in [6, 6.07) is 2.09. The molecule has 1 nitrogen and oxygen atoms in total. The predicted octanol–water partition coefficient (Wildman–Crippen LogP) is 1.74. The van der Waals surface area contributed by atoms with Gasteiger partial charge in [0, 0.05) is 0 Å². The highest BCUT2D eigenvalue weighted by Gasteiger charge is 1.86. The lowest BCUT2D eigenvalue weighted by molar-refractivity contribution is 1.52. The van der Waals surface area contributed by atoms with Gasteiger partial charge < -0.3 is 0 Å². The Morgan fingerprint density at radius 1 is 1.62 bits per heavy atom. The number of nitrogens with zero attached hydrogens (tertiary/aromatic N) is 1. The zero-order valence-electron chi connectivity index (χ0n) is 4.13. The summed E-state index contributed by atoms with van der Waals surface area (Å²) in [6.45, 7) is 0. The highest BCUT2D eigenvalue weighted by Crippen LogP contribution is 2.07. The van der Waals surface area contributed by atoms with E-state index in [1.807, 2.05) is 16.2 Å². The van der Waals surface area contributed by atoms with E-state index in [1.165, 1.54) is 0 Å². The topological polar surface area (TPSA) is 23.8 Å². The van der Waals surface area contributed by atoms with E-state index < -0.39 is 0 Å². The lowest BCUT2D eigenvalue weighted by Crippen LogP contribution is -1.76. The van der Waals surface area contributed by atoms with Gasteiger partial charge in [-0.1, -0.05) is 26.8 Å². The van der Waals surface area contributed by atoms with Crippen molar-refractivity contribution in [3.05, 3.63) is 21.8 Å². The van der Waals surface area contributed by atoms with Crippen LogP contribution in [0.2, 0.25) is 0 Å². The molecule has 1 aliphatic rings. The standard InChI is InChI=1S/C6H4IN/c8-5-6-2-1-3-7-4-6/h1-4H. The fourth-order valence-electron chi connectivity index (χ4n) is 0.384. The van der Waals surface area contributed by atoms with Gasteiger partial charge in [0.2, 0.25) is 0 Å². The number of rotatable bonds is 0. The Bertz CT molecular complexity index is 205. The number of hydrogen-bond donors (Lipinski definition) is 0. The van der Waals surface area contributed by atoms with Gasteiger partial charge in [-0.2, -0.15) is 5.26 Å². The molecule has 0 spiro atoms. The van der Waals surface area contributed by atoms with Crippen LogP contribution in [-0.2, 0) is 0 Å². The smallest absolute Gasteiger partial charge is 0.0996 e. The van der Waals surface area contributed by atoms with Crippen molar-refractivity contribution in [1.29, 1.82) is 5.26 Å². The largest absolute Gasteiger partial charge is 0.192 e. The Kier molecular flexibility index (Phi) is 1.98. The van der Waals surface area contributed by atoms with Crippen molar-refractivity contribution < 1.29 is 0 Å². The van der Waals surface area contributed by atoms with Gasteiger partial charge in [0.1, 0.15) is 0 Å². The van der Waals surface area contributed by atoms with E-state index in [0.717, 1.165) is 5.57 Å². The minimum absolute atomic E-state index is 0.0718. The summed E-state index contributed by atoms with van der Waals surface area (Å²) >= 11 is 0.0718. The van der Waals surface area contributed by atoms with Crippen LogP contribution in [-0.4, -0.2) is 4.01 Å². The molecule has 0 unspecified atom stereocenters. The van der Waals surface area contributed by atoms with Crippen molar-refractivity contribution in [2.45, 2.75) is 0 Å². The summed E-state index contributed by atoms with van der Waals surface area (Å²) in [4.78, 5) is 0. The molecule has 0 aromatic carbocycles. The minimum Gasteiger partial charge on any atom is -0.192 e. The first-order valence-corrected chi connectivity index (χ1v) is 4.65. The third kappa shape index (κ3) is 1.27. The SMILES string of the molecule is N#CC1=CC=CI=C1. The highest BCUT2D eigenvalue weighted by atomic mass is 127. The van der Waals surface area contributed by atoms with Crippen molar-refractivity contribution in [3.63, 3.8) is 0 Å². The second kappa shape index (κ2) is 2.78. The third-order valence-electron chi connectivity index (χ3n) is 0.731. The minimum atomic E-state index is 0.0718. The van der Waals surface area contributed by atoms with Crippen molar-refractivity contribution in [2.24, 2.45) is 0 Å². The van der Waals surface area contributed by atoms with Gasteiger partial charge in [-0.05, 0) is 14.2 Å². The zero-order chi connectivity index (χ0) is 5.82. The van der Waals surface area contributed by atoms with Gasteiger partial charge in [0.05, 0.1) is 11.6 Å². The van der Waals surface area contributed by atoms with Crippen LogP contribution >= 0.6 is 20.7 Å². The normalized spacial score (nSPS) is 16.1. The zero-order valence-corrected chi connectivity index (χ0v) is 6.29. The molecule has 0 amide bonds. The number of nitriles is 1. The summed E-state index contributed by atoms with van der Waals surface area (Å²) in [7, 11) is 0. The molecule has 0 atom stereocenters. The first kappa shape index (κ1) is 5.70. The van der Waals surface area contributed by atoms with Crippen LogP contribution in [0, 0.1) is 11.3 Å². The van der Waals surface area contributed by atoms with E-state index in [-0.39, 0.29) is 20.7 Å². The number of allylic oxidation sites excluding steroid dienone is 3. The molecule has 0 aromatic rings. The monoisotopic (exact) mass is 217 g/mol. The molecule has 0 N–H and O–H groups in total. The lowest BCUT2D eigenvalue weighted by Gasteiger charge is -1.85. The summed E-state index contributed by atoms with van der Waals surface area (Å²) in [5.74, 6) is 0. The average molecular weight is 217 g/mol. The Labute approximate surface area is 58.1 Å². The molecule has 0 saturated heterocycles. The third-order valence-corrected chi connectivity index (χ3v) is 2.59. The number of halogens is 1. The van der Waals surface area contributed by atoms with Gasteiger partial charge in [-0.25, -0.2) is 0 Å². The van der Waals surface area contributed by atoms with Crippen molar-refractivity contribution >= 4 is 24.7 Å². The van der Waals surface area contributed by atoms with Crippen LogP contribution in [0.25, 0.3) is 0 Å². The van der Waals surface area contributed by atoms with E-state index >= 15 is 0 Å². The summed E-state index contributed by atoms with van der Waals surface area (Å²) < 4.78 is 4.14. The van der Waals surface area contributed by atoms with Crippen molar-refractivity contribution in [3.8, 4) is 6.07 Å². The fourth-order valence-corrected chi connectivity index (χ4v) is 1.77. The average Bonchev–Trinajstić information content (AvgIpc) is 1.90. The quantitative estimate of drug-likeness (QED) is 0.567. The Morgan fingerprint density at radius 2 is 2.50 bits per heavy atom. The Balaban J connectivity index is 2.88. The maximum Gasteiger partial charge on any atom is 0.0996 e. The summed E-state index contributed by atoms with van der Waals surface area (Å²) in [5.41, 5.74) is 0.820. The maximum atomic E-state index is 8.33. The fraction of sp³-hybridized carbons (Fsp3) is 0. The highest BCUT2D eigenvalue weighted by molar-refractivity contribution is 14.2. The molecule has 1 rings (SSSR count). The van der Waals surface area contributed by atoms with Gasteiger partial charge >= 0.3 is 0 Å². The molecule has 0 bridgehead atoms. The van der Waals surface area contributed by atoms with E-state index in [1.54, 1.807) is 0 Å². The van der Waals surface area contributed by atoms with Gasteiger partial charge in [0.15, 0.2) is 0 Å². The summed E-state index contributed by atoms with van der Waals surface area (Å²) in [6.07, 6.45) is 3.79. The molecule has 0 radical (unpaired) electrons. The first-order valence-electron chi connectivity index (χ1n) is 2.15. The molecule has 0 fully saturated rings. The lowest BCUT2D eigenvalue weighted by atomic mass is 10.3. The van der Waals surface area contributed by atoms with Crippen LogP contribution in [0.1, 0.15) is 0 Å². The molecular weight excluding hydrogens is 213 g/mol. The molecule has 0 saturated carbocycles. The van der Waals surface area contributed by atoms with Crippen molar-refractivity contribution in [1.82, 2.24) is 0 Å². The maximum absolute atomic E-state index is 8.33. The van der Waals surface area contributed by atoms with Crippen LogP contribution in [0.5, 0.6) is 0 Å². The van der Waals surface area contributed by atoms with Crippen LogP contribution < -0.4 is 0 Å². The van der Waals surface area contributed by atoms with Crippen LogP contribution in [0.4, 0.5) is 0 Å². The molecule has 0 aromatic heterocycles. The molecule has 2 heteroatoms. The van der Waals surface area contributed by atoms with E-state index in [0.29, 0.717) is 0 Å². The first-order chi connectivity index (χ1) is 3.93. The molecular formula is C6H4IN. The second-order valence-electron chi connectivity index (χ2n) is 1.29. The molecule has 0 aliphatic carbocycles. The van der Waals surface area contributed by atoms with Gasteiger partial charge in [-0.15, -0.1) is 0 Å². The van der Waals surface area contributed by atoms with Gasteiger partial charge in [-0.3, -0.25) is 0 Å². The number of hydrogen-bond acceptors (Lipinski definition) is 1. The molecule has 1 heterocycles. The second-order valence-corrected chi connectivity index (χ2v) is 3.35. The van der Waals surface area contributed by atoms with Gasteiger partial charge in [0.25, 0.3) is 0 Å². The van der Waals surface area contributed by atoms with Crippen LogP contribution in [0.3, 0.4) is 0 Å². The molecule has 8 heavy (non-hydrogen) atoms. The summed E-state index contributed by atoms with van der Waals surface area (Å²) in [5, 5.41) is 8.33. The predicted molar refractivity (Wildman–Crippen MR) is 42.9 cm³/mol.